The molecule has 0 aromatic heterocycles. The lowest BCUT2D eigenvalue weighted by molar-refractivity contribution is 0.101. The number of Topliss-reactive ketones (excluding diaryl/α,β-unsaturated/α-hetero) is 1. The summed E-state index contributed by atoms with van der Waals surface area (Å²) in [6.45, 7) is 1.57. The van der Waals surface area contributed by atoms with Gasteiger partial charge in [-0.3, -0.25) is 4.79 Å². The fourth-order valence-electron chi connectivity index (χ4n) is 2.68. The Balaban J connectivity index is 2.40. The molecule has 0 saturated heterocycles. The van der Waals surface area contributed by atoms with E-state index in [9.17, 15) is 9.90 Å². The molecular weight excluding hydrogens is 200 g/mol. The van der Waals surface area contributed by atoms with Crippen LogP contribution in [0.2, 0.25) is 0 Å². The second kappa shape index (κ2) is 4.69. The molecule has 0 heterocycles. The van der Waals surface area contributed by atoms with Crippen LogP contribution in [0.25, 0.3) is 0 Å². The molecule has 0 bridgehead atoms. The van der Waals surface area contributed by atoms with E-state index in [0.717, 1.165) is 18.4 Å². The maximum absolute atomic E-state index is 11.5. The molecule has 2 nitrogen and oxygen atoms in total. The number of benzene rings is 1. The Bertz CT molecular complexity index is 390. The molecule has 1 aliphatic carbocycles. The lowest BCUT2D eigenvalue weighted by Crippen LogP contribution is -2.09. The first kappa shape index (κ1) is 11.2. The number of hydrogen-bond acceptors (Lipinski definition) is 2. The van der Waals surface area contributed by atoms with Crippen molar-refractivity contribution in [3.05, 3.63) is 29.3 Å². The summed E-state index contributed by atoms with van der Waals surface area (Å²) in [6, 6.07) is 5.26. The first-order valence-corrected chi connectivity index (χ1v) is 6.03. The summed E-state index contributed by atoms with van der Waals surface area (Å²) in [7, 11) is 0. The lowest BCUT2D eigenvalue weighted by atomic mass is 9.81. The minimum absolute atomic E-state index is 0.0523. The summed E-state index contributed by atoms with van der Waals surface area (Å²) < 4.78 is 0. The van der Waals surface area contributed by atoms with Gasteiger partial charge in [0.15, 0.2) is 5.78 Å². The summed E-state index contributed by atoms with van der Waals surface area (Å²) in [5.41, 5.74) is 1.58. The molecule has 2 heteroatoms. The van der Waals surface area contributed by atoms with Gasteiger partial charge in [0.25, 0.3) is 0 Å². The van der Waals surface area contributed by atoms with Crippen LogP contribution < -0.4 is 0 Å². The van der Waals surface area contributed by atoms with Crippen LogP contribution >= 0.6 is 0 Å². The number of phenolic OH excluding ortho intramolecular Hbond substituents is 1. The number of ketones is 1. The number of phenols is 1. The third kappa shape index (κ3) is 2.11. The van der Waals surface area contributed by atoms with Gasteiger partial charge in [-0.2, -0.15) is 0 Å². The molecule has 1 aromatic rings. The number of hydrogen-bond donors (Lipinski definition) is 1. The fraction of sp³-hybridized carbons (Fsp3) is 0.500. The van der Waals surface area contributed by atoms with Gasteiger partial charge in [0.2, 0.25) is 0 Å². The molecule has 1 aromatic carbocycles. The van der Waals surface area contributed by atoms with Crippen LogP contribution in [0.5, 0.6) is 5.75 Å². The molecule has 0 unspecified atom stereocenters. The van der Waals surface area contributed by atoms with E-state index in [4.69, 9.17) is 0 Å². The van der Waals surface area contributed by atoms with Gasteiger partial charge in [0, 0.05) is 11.1 Å². The lowest BCUT2D eigenvalue weighted by Gasteiger charge is -2.24. The normalized spacial score (nSPS) is 17.3. The summed E-state index contributed by atoms with van der Waals surface area (Å²) in [5, 5.41) is 9.94. The molecule has 0 atom stereocenters. The zero-order chi connectivity index (χ0) is 11.5. The summed E-state index contributed by atoms with van der Waals surface area (Å²) in [4.78, 5) is 11.5. The van der Waals surface area contributed by atoms with Crippen LogP contribution in [-0.4, -0.2) is 10.9 Å². The van der Waals surface area contributed by atoms with Crippen molar-refractivity contribution in [1.82, 2.24) is 0 Å². The second-order valence-corrected chi connectivity index (χ2v) is 4.63. The monoisotopic (exact) mass is 218 g/mol. The van der Waals surface area contributed by atoms with Crippen molar-refractivity contribution in [3.8, 4) is 5.75 Å². The molecule has 0 aliphatic heterocycles. The maximum atomic E-state index is 11.5. The molecule has 0 amide bonds. The maximum Gasteiger partial charge on any atom is 0.160 e. The van der Waals surface area contributed by atoms with E-state index in [1.807, 2.05) is 6.07 Å². The average molecular weight is 218 g/mol. The molecule has 0 radical (unpaired) electrons. The smallest absolute Gasteiger partial charge is 0.160 e. The van der Waals surface area contributed by atoms with Crippen LogP contribution in [-0.2, 0) is 0 Å². The van der Waals surface area contributed by atoms with Crippen LogP contribution in [0.3, 0.4) is 0 Å². The van der Waals surface area contributed by atoms with E-state index in [-0.39, 0.29) is 5.78 Å². The number of carbonyl (C=O) groups is 1. The Morgan fingerprint density at radius 2 is 1.94 bits per heavy atom. The zero-order valence-electron chi connectivity index (χ0n) is 9.70. The quantitative estimate of drug-likeness (QED) is 0.769. The number of rotatable bonds is 2. The van der Waals surface area contributed by atoms with Crippen molar-refractivity contribution < 1.29 is 9.90 Å². The molecule has 2 rings (SSSR count). The highest BCUT2D eigenvalue weighted by atomic mass is 16.3. The Labute approximate surface area is 96.3 Å². The van der Waals surface area contributed by atoms with Crippen molar-refractivity contribution in [2.24, 2.45) is 0 Å². The first-order valence-electron chi connectivity index (χ1n) is 6.03. The van der Waals surface area contributed by atoms with Crippen molar-refractivity contribution in [3.63, 3.8) is 0 Å². The molecule has 1 aliphatic rings. The summed E-state index contributed by atoms with van der Waals surface area (Å²) in [6.07, 6.45) is 5.88. The van der Waals surface area contributed by atoms with Crippen molar-refractivity contribution in [1.29, 1.82) is 0 Å². The highest BCUT2D eigenvalue weighted by Crippen LogP contribution is 2.39. The van der Waals surface area contributed by atoms with Gasteiger partial charge in [-0.25, -0.2) is 0 Å². The number of carbonyl (C=O) groups excluding carboxylic acids is 1. The van der Waals surface area contributed by atoms with Gasteiger partial charge in [-0.05, 0) is 31.7 Å². The second-order valence-electron chi connectivity index (χ2n) is 4.63. The highest BCUT2D eigenvalue weighted by Gasteiger charge is 2.22. The predicted octanol–water partition coefficient (Wildman–Crippen LogP) is 3.64. The molecule has 0 spiro atoms. The third-order valence-electron chi connectivity index (χ3n) is 3.48. The van der Waals surface area contributed by atoms with Gasteiger partial charge in [-0.1, -0.05) is 31.4 Å². The van der Waals surface area contributed by atoms with Gasteiger partial charge in [0.05, 0.1) is 0 Å². The van der Waals surface area contributed by atoms with Crippen molar-refractivity contribution >= 4 is 5.78 Å². The first-order chi connectivity index (χ1) is 7.70. The van der Waals surface area contributed by atoms with Crippen molar-refractivity contribution in [2.45, 2.75) is 44.9 Å². The highest BCUT2D eigenvalue weighted by molar-refractivity contribution is 5.96. The fourth-order valence-corrected chi connectivity index (χ4v) is 2.68. The molecule has 86 valence electrons. The molecular formula is C14H18O2. The Morgan fingerprint density at radius 1 is 1.25 bits per heavy atom. The van der Waals surface area contributed by atoms with Crippen molar-refractivity contribution in [2.75, 3.05) is 0 Å². The average Bonchev–Trinajstić information content (AvgIpc) is 2.29. The van der Waals surface area contributed by atoms with Gasteiger partial charge in [-0.15, -0.1) is 0 Å². The SMILES string of the molecule is CC(=O)c1cccc(O)c1C1CCCCC1. The summed E-state index contributed by atoms with van der Waals surface area (Å²) in [5.74, 6) is 0.713. The third-order valence-corrected chi connectivity index (χ3v) is 3.48. The topological polar surface area (TPSA) is 37.3 Å². The predicted molar refractivity (Wildman–Crippen MR) is 63.9 cm³/mol. The van der Waals surface area contributed by atoms with Crippen LogP contribution in [0.1, 0.15) is 60.9 Å². The van der Waals surface area contributed by atoms with E-state index >= 15 is 0 Å². The van der Waals surface area contributed by atoms with E-state index in [1.165, 1.54) is 19.3 Å². The van der Waals surface area contributed by atoms with E-state index in [2.05, 4.69) is 0 Å². The van der Waals surface area contributed by atoms with E-state index < -0.39 is 0 Å². The molecule has 16 heavy (non-hydrogen) atoms. The van der Waals surface area contributed by atoms with Gasteiger partial charge in [0.1, 0.15) is 5.75 Å². The molecule has 1 saturated carbocycles. The minimum atomic E-state index is 0.0523. The minimum Gasteiger partial charge on any atom is -0.508 e. The largest absolute Gasteiger partial charge is 0.508 e. The Kier molecular flexibility index (Phi) is 3.28. The Hall–Kier alpha value is -1.31. The summed E-state index contributed by atoms with van der Waals surface area (Å²) >= 11 is 0. The van der Waals surface area contributed by atoms with Crippen LogP contribution in [0.4, 0.5) is 0 Å². The van der Waals surface area contributed by atoms with Gasteiger partial charge < -0.3 is 5.11 Å². The van der Waals surface area contributed by atoms with E-state index in [1.54, 1.807) is 19.1 Å². The Morgan fingerprint density at radius 3 is 2.56 bits per heavy atom. The van der Waals surface area contributed by atoms with Crippen LogP contribution in [0.15, 0.2) is 18.2 Å². The molecule has 1 N–H and O–H groups in total. The molecule has 1 fully saturated rings. The van der Waals surface area contributed by atoms with Gasteiger partial charge >= 0.3 is 0 Å². The van der Waals surface area contributed by atoms with Crippen LogP contribution in [0, 0.1) is 0 Å². The zero-order valence-corrected chi connectivity index (χ0v) is 9.70. The standard InChI is InChI=1S/C14H18O2/c1-10(15)12-8-5-9-13(16)14(12)11-6-3-2-4-7-11/h5,8-9,11,16H,2-4,6-7H2,1H3. The van der Waals surface area contributed by atoms with E-state index in [0.29, 0.717) is 17.2 Å². The number of aromatic hydroxyl groups is 1.